The molecule has 1 N–H and O–H groups in total. The number of nitro groups is 1. The smallest absolute Gasteiger partial charge is 0.269 e. The van der Waals surface area contributed by atoms with Gasteiger partial charge in [0.1, 0.15) is 10.8 Å². The Morgan fingerprint density at radius 3 is 2.67 bits per heavy atom. The number of aromatic nitrogens is 1. The number of carbonyl (C=O) groups excluding carboxylic acids is 1. The fourth-order valence-electron chi connectivity index (χ4n) is 5.86. The number of hydrogen-bond donors (Lipinski definition) is 1. The van der Waals surface area contributed by atoms with E-state index in [0.717, 1.165) is 51.9 Å². The van der Waals surface area contributed by atoms with Crippen LogP contribution in [0, 0.1) is 21.4 Å². The lowest BCUT2D eigenvalue weighted by molar-refractivity contribution is -0.384. The molecule has 0 aliphatic heterocycles. The highest BCUT2D eigenvalue weighted by molar-refractivity contribution is 7.16. The average Bonchev–Trinajstić information content (AvgIpc) is 3.72. The third-order valence-electron chi connectivity index (χ3n) is 8.34. The topological polar surface area (TPSA) is 103 Å². The number of amides is 1. The summed E-state index contributed by atoms with van der Waals surface area (Å²) in [5.74, 6) is 1.12. The Balaban J connectivity index is 1.33. The summed E-state index contributed by atoms with van der Waals surface area (Å²) in [4.78, 5) is 30.5. The molecule has 1 atom stereocenters. The van der Waals surface area contributed by atoms with Crippen LogP contribution in [0.3, 0.4) is 0 Å². The summed E-state index contributed by atoms with van der Waals surface area (Å²) in [6.45, 7) is 7.75. The predicted octanol–water partition coefficient (Wildman–Crippen LogP) is 8.08. The Hall–Kier alpha value is -4.50. The van der Waals surface area contributed by atoms with Crippen LogP contribution < -0.4 is 5.32 Å². The number of para-hydroxylation sites is 1. The summed E-state index contributed by atoms with van der Waals surface area (Å²) in [5.41, 5.74) is 5.00. The quantitative estimate of drug-likeness (QED) is 0.111. The molecule has 6 rings (SSSR count). The monoisotopic (exact) mass is 594 g/mol. The number of nitrogens with zero attached hydrogens (tertiary/aromatic N) is 3. The molecular weight excluding hydrogens is 560 g/mol. The average molecular weight is 595 g/mol. The number of nitro benzene ring substituents is 1. The van der Waals surface area contributed by atoms with Gasteiger partial charge in [0, 0.05) is 52.4 Å². The number of hydrogen-bond acceptors (Lipinski definition) is 6. The lowest BCUT2D eigenvalue weighted by Crippen LogP contribution is -2.28. The molecule has 0 bridgehead atoms. The van der Waals surface area contributed by atoms with Crippen LogP contribution in [0.1, 0.15) is 64.9 Å². The molecule has 3 heterocycles. The van der Waals surface area contributed by atoms with Crippen molar-refractivity contribution in [3.63, 3.8) is 0 Å². The maximum absolute atomic E-state index is 13.6. The molecule has 1 aliphatic rings. The van der Waals surface area contributed by atoms with Crippen LogP contribution in [-0.2, 0) is 25.9 Å². The SMILES string of the molecule is CC(C)(C)[C@@H]1CCc2c(sc(N=Cc3cn(Cc4ccc([N+](=O)[O-])cc4)c4ccccc34)c2C(=O)NCc2ccco2)C1. The van der Waals surface area contributed by atoms with Crippen molar-refractivity contribution in [1.29, 1.82) is 0 Å². The molecule has 2 aromatic carbocycles. The number of furan rings is 1. The number of nitrogens with one attached hydrogen (secondary N) is 1. The Labute approximate surface area is 254 Å². The van der Waals surface area contributed by atoms with Gasteiger partial charge in [-0.1, -0.05) is 51.1 Å². The molecule has 1 aliphatic carbocycles. The summed E-state index contributed by atoms with van der Waals surface area (Å²) in [5, 5.41) is 15.9. The molecule has 0 saturated heterocycles. The standard InChI is InChI=1S/C34H34N4O4S/c1-34(2,3)24-12-15-28-30(17-24)43-33(31(28)32(39)35-19-26-7-6-16-42-26)36-18-23-21-37(29-9-5-4-8-27(23)29)20-22-10-13-25(14-11-22)38(40)41/h4-11,13-14,16,18,21,24H,12,15,17,19-20H2,1-3H3,(H,35,39)/t24-/m1/s1. The van der Waals surface area contributed by atoms with Crippen molar-refractivity contribution in [3.05, 3.63) is 116 Å². The normalized spacial score (nSPS) is 15.2. The van der Waals surface area contributed by atoms with Crippen LogP contribution >= 0.6 is 11.3 Å². The fourth-order valence-corrected chi connectivity index (χ4v) is 7.13. The molecule has 5 aromatic rings. The fraction of sp³-hybridized carbons (Fsp3) is 0.294. The minimum atomic E-state index is -0.388. The van der Waals surface area contributed by atoms with E-state index in [2.05, 4.69) is 49.0 Å². The first-order valence-electron chi connectivity index (χ1n) is 14.5. The van der Waals surface area contributed by atoms with E-state index in [4.69, 9.17) is 9.41 Å². The number of rotatable bonds is 8. The minimum Gasteiger partial charge on any atom is -0.467 e. The van der Waals surface area contributed by atoms with Crippen LogP contribution in [0.25, 0.3) is 10.9 Å². The highest BCUT2D eigenvalue weighted by atomic mass is 32.1. The van der Waals surface area contributed by atoms with Crippen LogP contribution in [0.4, 0.5) is 10.7 Å². The van der Waals surface area contributed by atoms with Crippen molar-refractivity contribution in [2.45, 2.75) is 53.1 Å². The molecule has 0 unspecified atom stereocenters. The van der Waals surface area contributed by atoms with Crippen molar-refractivity contribution in [1.82, 2.24) is 9.88 Å². The van der Waals surface area contributed by atoms with Gasteiger partial charge in [-0.2, -0.15) is 0 Å². The number of thiophene rings is 1. The summed E-state index contributed by atoms with van der Waals surface area (Å²) in [6, 6.07) is 18.4. The lowest BCUT2D eigenvalue weighted by atomic mass is 9.72. The zero-order valence-electron chi connectivity index (χ0n) is 24.5. The Morgan fingerprint density at radius 1 is 1.16 bits per heavy atom. The van der Waals surface area contributed by atoms with Gasteiger partial charge >= 0.3 is 0 Å². The van der Waals surface area contributed by atoms with Crippen molar-refractivity contribution in [2.24, 2.45) is 16.3 Å². The molecule has 43 heavy (non-hydrogen) atoms. The van der Waals surface area contributed by atoms with Gasteiger partial charge in [-0.25, -0.2) is 4.99 Å². The largest absolute Gasteiger partial charge is 0.467 e. The zero-order valence-corrected chi connectivity index (χ0v) is 25.3. The second-order valence-corrected chi connectivity index (χ2v) is 13.2. The van der Waals surface area contributed by atoms with Gasteiger partial charge in [0.2, 0.25) is 0 Å². The van der Waals surface area contributed by atoms with Crippen LogP contribution in [0.2, 0.25) is 0 Å². The van der Waals surface area contributed by atoms with Gasteiger partial charge < -0.3 is 14.3 Å². The van der Waals surface area contributed by atoms with E-state index in [1.165, 1.54) is 17.0 Å². The van der Waals surface area contributed by atoms with Crippen LogP contribution in [0.15, 0.2) is 82.5 Å². The number of non-ortho nitro benzene ring substituents is 1. The molecule has 0 radical (unpaired) electrons. The maximum atomic E-state index is 13.6. The predicted molar refractivity (Wildman–Crippen MR) is 171 cm³/mol. The van der Waals surface area contributed by atoms with E-state index in [0.29, 0.717) is 30.3 Å². The second kappa shape index (κ2) is 11.6. The highest BCUT2D eigenvalue weighted by Gasteiger charge is 2.33. The first-order valence-corrected chi connectivity index (χ1v) is 15.3. The third kappa shape index (κ3) is 6.03. The van der Waals surface area contributed by atoms with Crippen molar-refractivity contribution >= 4 is 45.0 Å². The Morgan fingerprint density at radius 2 is 1.95 bits per heavy atom. The van der Waals surface area contributed by atoms with Gasteiger partial charge in [0.15, 0.2) is 0 Å². The molecule has 9 heteroatoms. The molecule has 0 saturated carbocycles. The van der Waals surface area contributed by atoms with Crippen LogP contribution in [0.5, 0.6) is 0 Å². The summed E-state index contributed by atoms with van der Waals surface area (Å²) in [7, 11) is 0. The summed E-state index contributed by atoms with van der Waals surface area (Å²) in [6.07, 6.45) is 8.37. The summed E-state index contributed by atoms with van der Waals surface area (Å²) >= 11 is 1.63. The van der Waals surface area contributed by atoms with E-state index >= 15 is 0 Å². The van der Waals surface area contributed by atoms with E-state index in [-0.39, 0.29) is 21.9 Å². The number of aliphatic imine (C=N–C) groups is 1. The Bertz CT molecular complexity index is 1810. The molecule has 8 nitrogen and oxygen atoms in total. The van der Waals surface area contributed by atoms with Gasteiger partial charge in [-0.15, -0.1) is 11.3 Å². The molecule has 0 fully saturated rings. The number of carbonyl (C=O) groups is 1. The van der Waals surface area contributed by atoms with Gasteiger partial charge in [0.05, 0.1) is 23.3 Å². The summed E-state index contributed by atoms with van der Waals surface area (Å²) < 4.78 is 7.56. The molecule has 0 spiro atoms. The maximum Gasteiger partial charge on any atom is 0.269 e. The van der Waals surface area contributed by atoms with Crippen molar-refractivity contribution in [3.8, 4) is 0 Å². The molecular formula is C34H34N4O4S. The van der Waals surface area contributed by atoms with Gasteiger partial charge in [-0.3, -0.25) is 14.9 Å². The molecule has 3 aromatic heterocycles. The van der Waals surface area contributed by atoms with E-state index in [1.54, 1.807) is 29.7 Å². The van der Waals surface area contributed by atoms with Crippen molar-refractivity contribution < 1.29 is 14.1 Å². The number of benzene rings is 2. The first-order chi connectivity index (χ1) is 20.7. The lowest BCUT2D eigenvalue weighted by Gasteiger charge is -2.33. The Kier molecular flexibility index (Phi) is 7.75. The van der Waals surface area contributed by atoms with Crippen molar-refractivity contribution in [2.75, 3.05) is 0 Å². The molecule has 220 valence electrons. The van der Waals surface area contributed by atoms with Gasteiger partial charge in [0.25, 0.3) is 11.6 Å². The zero-order chi connectivity index (χ0) is 30.1. The number of fused-ring (bicyclic) bond motifs is 2. The highest BCUT2D eigenvalue weighted by Crippen LogP contribution is 2.45. The molecule has 1 amide bonds. The van der Waals surface area contributed by atoms with Gasteiger partial charge in [-0.05, 0) is 59.9 Å². The third-order valence-corrected chi connectivity index (χ3v) is 9.50. The van der Waals surface area contributed by atoms with E-state index < -0.39 is 0 Å². The van der Waals surface area contributed by atoms with Crippen LogP contribution in [-0.4, -0.2) is 21.6 Å². The van der Waals surface area contributed by atoms with E-state index in [9.17, 15) is 14.9 Å². The minimum absolute atomic E-state index is 0.0744. The first kappa shape index (κ1) is 28.6. The van der Waals surface area contributed by atoms with E-state index in [1.807, 2.05) is 30.5 Å². The second-order valence-electron chi connectivity index (χ2n) is 12.2.